The molecule has 1 N–H and O–H groups in total. The normalized spacial score (nSPS) is 26.2. The molecule has 0 spiro atoms. The molecule has 2 atom stereocenters. The number of carbonyl (C=O) groups excluding carboxylic acids is 1. The summed E-state index contributed by atoms with van der Waals surface area (Å²) in [4.78, 5) is 28.1. The van der Waals surface area contributed by atoms with Gasteiger partial charge in [-0.05, 0) is 37.8 Å². The third-order valence-electron chi connectivity index (χ3n) is 6.84. The van der Waals surface area contributed by atoms with Crippen molar-refractivity contribution >= 4 is 16.8 Å². The molecule has 0 bridgehead atoms. The van der Waals surface area contributed by atoms with Crippen molar-refractivity contribution in [2.24, 2.45) is 11.3 Å². The van der Waals surface area contributed by atoms with Crippen molar-refractivity contribution in [2.45, 2.75) is 45.8 Å². The Labute approximate surface area is 170 Å². The van der Waals surface area contributed by atoms with E-state index >= 15 is 0 Å². The fraction of sp³-hybridized carbons (Fsp3) is 0.565. The van der Waals surface area contributed by atoms with E-state index in [1.807, 2.05) is 24.5 Å². The molecule has 6 nitrogen and oxygen atoms in total. The third-order valence-corrected chi connectivity index (χ3v) is 6.84. The van der Waals surface area contributed by atoms with Crippen LogP contribution in [0.4, 0.5) is 0 Å². The molecule has 2 fully saturated rings. The van der Waals surface area contributed by atoms with Gasteiger partial charge in [-0.15, -0.1) is 0 Å². The number of benzene rings is 1. The highest BCUT2D eigenvalue weighted by molar-refractivity contribution is 5.86. The van der Waals surface area contributed by atoms with Gasteiger partial charge in [-0.3, -0.25) is 14.5 Å². The molecule has 29 heavy (non-hydrogen) atoms. The van der Waals surface area contributed by atoms with E-state index in [-0.39, 0.29) is 23.4 Å². The summed E-state index contributed by atoms with van der Waals surface area (Å²) in [6.45, 7) is 8.12. The largest absolute Gasteiger partial charge is 0.380 e. The maximum absolute atomic E-state index is 13.0. The number of ether oxygens (including phenoxy) is 1. The van der Waals surface area contributed by atoms with Gasteiger partial charge in [-0.2, -0.15) is 0 Å². The molecule has 0 aliphatic carbocycles. The zero-order chi connectivity index (χ0) is 20.2. The second-order valence-electron chi connectivity index (χ2n) is 9.24. The second kappa shape index (κ2) is 6.96. The molecule has 3 aliphatic heterocycles. The average molecular weight is 396 g/mol. The molecule has 4 heterocycles. The van der Waals surface area contributed by atoms with Gasteiger partial charge in [0.15, 0.2) is 0 Å². The lowest BCUT2D eigenvalue weighted by Crippen LogP contribution is -2.48. The number of hydrogen-bond donors (Lipinski definition) is 1. The summed E-state index contributed by atoms with van der Waals surface area (Å²) < 4.78 is 7.65. The minimum atomic E-state index is -0.467. The van der Waals surface area contributed by atoms with Crippen LogP contribution in [0.25, 0.3) is 10.9 Å². The monoisotopic (exact) mass is 395 g/mol. The fourth-order valence-electron chi connectivity index (χ4n) is 5.49. The van der Waals surface area contributed by atoms with Crippen LogP contribution in [0.3, 0.4) is 0 Å². The number of fused-ring (bicyclic) bond motifs is 1. The van der Waals surface area contributed by atoms with E-state index in [4.69, 9.17) is 4.74 Å². The Morgan fingerprint density at radius 3 is 3.07 bits per heavy atom. The Morgan fingerprint density at radius 2 is 2.24 bits per heavy atom. The molecule has 5 rings (SSSR count). The van der Waals surface area contributed by atoms with Gasteiger partial charge in [0.2, 0.25) is 5.91 Å². The summed E-state index contributed by atoms with van der Waals surface area (Å²) in [6.07, 6.45) is 2.05. The standard InChI is InChI=1S/C23H29N3O3/c1-15(2)24-22(28)23-13-25(11-18(23)12-29-14-23)10-17-9-20(27)26-8-4-6-16-5-3-7-19(17)21(16)26/h3,5,7,9,15,18H,4,6,8,10-14H2,1-2H3,(H,24,28)/t18-,23-/m0/s1. The highest BCUT2D eigenvalue weighted by atomic mass is 16.5. The van der Waals surface area contributed by atoms with Crippen LogP contribution in [0.5, 0.6) is 0 Å². The molecule has 0 saturated carbocycles. The van der Waals surface area contributed by atoms with Gasteiger partial charge in [0.25, 0.3) is 5.56 Å². The molecule has 6 heteroatoms. The first-order chi connectivity index (χ1) is 14.0. The van der Waals surface area contributed by atoms with Crippen molar-refractivity contribution in [2.75, 3.05) is 26.3 Å². The average Bonchev–Trinajstić information content (AvgIpc) is 3.23. The molecule has 154 valence electrons. The van der Waals surface area contributed by atoms with Crippen LogP contribution in [0.15, 0.2) is 29.1 Å². The number of amides is 1. The number of para-hydroxylation sites is 1. The first-order valence-corrected chi connectivity index (χ1v) is 10.7. The molecule has 1 aromatic heterocycles. The fourth-order valence-corrected chi connectivity index (χ4v) is 5.49. The van der Waals surface area contributed by atoms with Gasteiger partial charge in [-0.25, -0.2) is 0 Å². The van der Waals surface area contributed by atoms with E-state index in [1.54, 1.807) is 0 Å². The van der Waals surface area contributed by atoms with Gasteiger partial charge in [-0.1, -0.05) is 18.2 Å². The number of nitrogens with zero attached hydrogens (tertiary/aromatic N) is 2. The molecule has 2 aromatic rings. The summed E-state index contributed by atoms with van der Waals surface area (Å²) in [5, 5.41) is 4.28. The summed E-state index contributed by atoms with van der Waals surface area (Å²) in [7, 11) is 0. The van der Waals surface area contributed by atoms with E-state index in [2.05, 4.69) is 28.4 Å². The van der Waals surface area contributed by atoms with Crippen molar-refractivity contribution < 1.29 is 9.53 Å². The number of likely N-dealkylation sites (tertiary alicyclic amines) is 1. The van der Waals surface area contributed by atoms with Gasteiger partial charge < -0.3 is 14.6 Å². The van der Waals surface area contributed by atoms with Crippen molar-refractivity contribution in [3.63, 3.8) is 0 Å². The number of aromatic nitrogens is 1. The zero-order valence-corrected chi connectivity index (χ0v) is 17.2. The number of carbonyl (C=O) groups is 1. The topological polar surface area (TPSA) is 63.6 Å². The SMILES string of the molecule is CC(C)NC(=O)[C@@]12COC[C@@H]1CN(Cc1cc(=O)n3c4c(cccc14)CCC3)C2. The molecule has 1 amide bonds. The summed E-state index contributed by atoms with van der Waals surface area (Å²) in [5.41, 5.74) is 3.08. The van der Waals surface area contributed by atoms with Crippen molar-refractivity contribution in [1.29, 1.82) is 0 Å². The summed E-state index contributed by atoms with van der Waals surface area (Å²) in [5.74, 6) is 0.316. The summed E-state index contributed by atoms with van der Waals surface area (Å²) in [6, 6.07) is 8.31. The third kappa shape index (κ3) is 3.01. The van der Waals surface area contributed by atoms with E-state index in [0.717, 1.165) is 37.0 Å². The Kier molecular flexibility index (Phi) is 4.51. The van der Waals surface area contributed by atoms with Crippen LogP contribution >= 0.6 is 0 Å². The van der Waals surface area contributed by atoms with Crippen LogP contribution in [0.2, 0.25) is 0 Å². The van der Waals surface area contributed by atoms with Crippen LogP contribution in [-0.4, -0.2) is 47.7 Å². The number of rotatable bonds is 4. The van der Waals surface area contributed by atoms with E-state index in [1.165, 1.54) is 10.9 Å². The van der Waals surface area contributed by atoms with E-state index in [9.17, 15) is 9.59 Å². The van der Waals surface area contributed by atoms with Gasteiger partial charge in [0, 0.05) is 49.6 Å². The molecule has 0 unspecified atom stereocenters. The summed E-state index contributed by atoms with van der Waals surface area (Å²) >= 11 is 0. The van der Waals surface area contributed by atoms with Crippen LogP contribution < -0.4 is 10.9 Å². The highest BCUT2D eigenvalue weighted by Crippen LogP contribution is 2.42. The van der Waals surface area contributed by atoms with Crippen LogP contribution in [0, 0.1) is 11.3 Å². The Bertz CT molecular complexity index is 1030. The first kappa shape index (κ1) is 18.8. The maximum atomic E-state index is 13.0. The molecule has 2 saturated heterocycles. The highest BCUT2D eigenvalue weighted by Gasteiger charge is 2.55. The smallest absolute Gasteiger partial charge is 0.251 e. The number of aryl methyl sites for hydroxylation is 2. The number of nitrogens with one attached hydrogen (secondary N) is 1. The quantitative estimate of drug-likeness (QED) is 0.859. The van der Waals surface area contributed by atoms with Gasteiger partial charge in [0.1, 0.15) is 0 Å². The zero-order valence-electron chi connectivity index (χ0n) is 17.2. The van der Waals surface area contributed by atoms with Crippen LogP contribution in [0.1, 0.15) is 31.4 Å². The lowest BCUT2D eigenvalue weighted by atomic mass is 9.80. The Morgan fingerprint density at radius 1 is 1.38 bits per heavy atom. The van der Waals surface area contributed by atoms with Gasteiger partial charge in [0.05, 0.1) is 24.1 Å². The van der Waals surface area contributed by atoms with E-state index < -0.39 is 5.41 Å². The maximum Gasteiger partial charge on any atom is 0.251 e. The molecule has 1 aromatic carbocycles. The number of hydrogen-bond acceptors (Lipinski definition) is 4. The second-order valence-corrected chi connectivity index (χ2v) is 9.24. The van der Waals surface area contributed by atoms with Crippen LogP contribution in [-0.2, 0) is 29.0 Å². The Balaban J connectivity index is 1.47. The molecular formula is C23H29N3O3. The van der Waals surface area contributed by atoms with Crippen molar-refractivity contribution in [3.8, 4) is 0 Å². The van der Waals surface area contributed by atoms with E-state index in [0.29, 0.717) is 26.3 Å². The number of pyridine rings is 1. The Hall–Kier alpha value is -2.18. The lowest BCUT2D eigenvalue weighted by molar-refractivity contribution is -0.132. The predicted octanol–water partition coefficient (Wildman–Crippen LogP) is 1.92. The predicted molar refractivity (Wildman–Crippen MR) is 112 cm³/mol. The molecule has 0 radical (unpaired) electrons. The molecule has 3 aliphatic rings. The van der Waals surface area contributed by atoms with Gasteiger partial charge >= 0.3 is 0 Å². The minimum absolute atomic E-state index is 0.0923. The minimum Gasteiger partial charge on any atom is -0.380 e. The van der Waals surface area contributed by atoms with Crippen molar-refractivity contribution in [3.05, 3.63) is 45.7 Å². The molecular weight excluding hydrogens is 366 g/mol. The van der Waals surface area contributed by atoms with Crippen molar-refractivity contribution in [1.82, 2.24) is 14.8 Å². The lowest BCUT2D eigenvalue weighted by Gasteiger charge is -2.27. The first-order valence-electron chi connectivity index (χ1n) is 10.7.